The Kier molecular flexibility index (Phi) is 6.52. The summed E-state index contributed by atoms with van der Waals surface area (Å²) in [5.74, 6) is 0.593. The number of ether oxygens (including phenoxy) is 1. The van der Waals surface area contributed by atoms with E-state index in [9.17, 15) is 4.79 Å². The lowest BCUT2D eigenvalue weighted by Crippen LogP contribution is -2.53. The average molecular weight is 336 g/mol. The van der Waals surface area contributed by atoms with Crippen molar-refractivity contribution in [2.45, 2.75) is 58.5 Å². The zero-order valence-corrected chi connectivity index (χ0v) is 15.4. The van der Waals surface area contributed by atoms with Crippen LogP contribution in [-0.2, 0) is 4.74 Å². The molecule has 0 unspecified atom stereocenters. The number of guanidine groups is 1. The molecule has 2 N–H and O–H groups in total. The van der Waals surface area contributed by atoms with Gasteiger partial charge in [0.25, 0.3) is 0 Å². The van der Waals surface area contributed by atoms with E-state index in [1.54, 1.807) is 4.90 Å². The molecule has 0 aromatic heterocycles. The number of allylic oxidation sites excluding steroid dienone is 1. The van der Waals surface area contributed by atoms with Gasteiger partial charge in [-0.15, -0.1) is 0 Å². The standard InChI is InChI=1S/C18H32N4O2/c1-18(2,3)24-17(23)22-13-11-21(12-14-22)16(19)20-10-9-15-7-5-4-6-8-15/h7H,4-6,8-14H2,1-3H3,(H2,19,20). The number of carbonyl (C=O) groups is 1. The van der Waals surface area contributed by atoms with Crippen molar-refractivity contribution in [3.05, 3.63) is 11.6 Å². The second kappa shape index (κ2) is 8.40. The summed E-state index contributed by atoms with van der Waals surface area (Å²) in [5.41, 5.74) is 7.17. The van der Waals surface area contributed by atoms with Gasteiger partial charge in [-0.1, -0.05) is 11.6 Å². The molecule has 0 radical (unpaired) electrons. The zero-order chi connectivity index (χ0) is 17.6. The number of piperazine rings is 1. The van der Waals surface area contributed by atoms with Gasteiger partial charge in [0.2, 0.25) is 0 Å². The van der Waals surface area contributed by atoms with E-state index in [2.05, 4.69) is 16.0 Å². The summed E-state index contributed by atoms with van der Waals surface area (Å²) in [7, 11) is 0. The van der Waals surface area contributed by atoms with Crippen LogP contribution in [0.25, 0.3) is 0 Å². The fourth-order valence-corrected chi connectivity index (χ4v) is 2.99. The number of nitrogens with zero attached hydrogens (tertiary/aromatic N) is 3. The predicted octanol–water partition coefficient (Wildman–Crippen LogP) is 2.74. The van der Waals surface area contributed by atoms with E-state index in [4.69, 9.17) is 10.5 Å². The minimum atomic E-state index is -0.456. The van der Waals surface area contributed by atoms with E-state index in [0.29, 0.717) is 32.1 Å². The molecule has 2 rings (SSSR count). The molecule has 1 amide bonds. The van der Waals surface area contributed by atoms with Gasteiger partial charge in [-0.05, 0) is 52.9 Å². The lowest BCUT2D eigenvalue weighted by Gasteiger charge is -2.36. The molecule has 0 saturated carbocycles. The number of amides is 1. The minimum Gasteiger partial charge on any atom is -0.444 e. The van der Waals surface area contributed by atoms with Gasteiger partial charge in [0.15, 0.2) is 5.96 Å². The van der Waals surface area contributed by atoms with E-state index in [1.165, 1.54) is 31.3 Å². The second-order valence-electron chi connectivity index (χ2n) is 7.55. The van der Waals surface area contributed by atoms with Crippen LogP contribution in [0.5, 0.6) is 0 Å². The Morgan fingerprint density at radius 3 is 2.46 bits per heavy atom. The molecule has 2 aliphatic rings. The quantitative estimate of drug-likeness (QED) is 0.489. The van der Waals surface area contributed by atoms with Gasteiger partial charge in [-0.2, -0.15) is 0 Å². The third kappa shape index (κ3) is 6.06. The molecule has 0 bridgehead atoms. The van der Waals surface area contributed by atoms with Crippen LogP contribution in [0.3, 0.4) is 0 Å². The van der Waals surface area contributed by atoms with Crippen molar-refractivity contribution in [3.8, 4) is 0 Å². The molecule has 136 valence electrons. The first kappa shape index (κ1) is 18.6. The molecule has 0 aromatic carbocycles. The van der Waals surface area contributed by atoms with Gasteiger partial charge in [0.1, 0.15) is 5.60 Å². The van der Waals surface area contributed by atoms with Gasteiger partial charge in [0, 0.05) is 32.7 Å². The Balaban J connectivity index is 1.73. The molecular formula is C18H32N4O2. The Morgan fingerprint density at radius 1 is 1.21 bits per heavy atom. The van der Waals surface area contributed by atoms with Crippen molar-refractivity contribution in [3.63, 3.8) is 0 Å². The van der Waals surface area contributed by atoms with Crippen LogP contribution in [0.2, 0.25) is 0 Å². The summed E-state index contributed by atoms with van der Waals surface area (Å²) in [6, 6.07) is 0. The first-order chi connectivity index (χ1) is 11.3. The number of carbonyl (C=O) groups excluding carboxylic acids is 1. The Labute approximate surface area is 145 Å². The maximum absolute atomic E-state index is 12.1. The highest BCUT2D eigenvalue weighted by Crippen LogP contribution is 2.19. The fraction of sp³-hybridized carbons (Fsp3) is 0.778. The van der Waals surface area contributed by atoms with Crippen molar-refractivity contribution in [2.24, 2.45) is 10.7 Å². The van der Waals surface area contributed by atoms with Crippen molar-refractivity contribution in [1.29, 1.82) is 0 Å². The first-order valence-corrected chi connectivity index (χ1v) is 9.06. The highest BCUT2D eigenvalue weighted by Gasteiger charge is 2.26. The lowest BCUT2D eigenvalue weighted by atomic mass is 9.97. The fourth-order valence-electron chi connectivity index (χ4n) is 2.99. The van der Waals surface area contributed by atoms with Crippen LogP contribution < -0.4 is 5.73 Å². The summed E-state index contributed by atoms with van der Waals surface area (Å²) >= 11 is 0. The first-order valence-electron chi connectivity index (χ1n) is 9.06. The monoisotopic (exact) mass is 336 g/mol. The molecule has 24 heavy (non-hydrogen) atoms. The molecule has 6 heteroatoms. The van der Waals surface area contributed by atoms with E-state index in [0.717, 1.165) is 13.0 Å². The predicted molar refractivity (Wildman–Crippen MR) is 97.0 cm³/mol. The number of aliphatic imine (C=N–C) groups is 1. The topological polar surface area (TPSA) is 71.2 Å². The average Bonchev–Trinajstić information content (AvgIpc) is 2.54. The van der Waals surface area contributed by atoms with Crippen molar-refractivity contribution in [1.82, 2.24) is 9.80 Å². The Hall–Kier alpha value is -1.72. The summed E-state index contributed by atoms with van der Waals surface area (Å²) < 4.78 is 5.41. The third-order valence-electron chi connectivity index (χ3n) is 4.35. The number of hydrogen-bond acceptors (Lipinski definition) is 3. The third-order valence-corrected chi connectivity index (χ3v) is 4.35. The SMILES string of the molecule is CC(C)(C)OC(=O)N1CCN(C(N)=NCCC2=CCCCC2)CC1. The van der Waals surface area contributed by atoms with E-state index in [-0.39, 0.29) is 6.09 Å². The molecule has 1 saturated heterocycles. The van der Waals surface area contributed by atoms with Crippen LogP contribution in [-0.4, -0.2) is 60.2 Å². The smallest absolute Gasteiger partial charge is 0.410 e. The molecule has 1 heterocycles. The van der Waals surface area contributed by atoms with Crippen LogP contribution in [0, 0.1) is 0 Å². The van der Waals surface area contributed by atoms with Crippen molar-refractivity contribution < 1.29 is 9.53 Å². The summed E-state index contributed by atoms with van der Waals surface area (Å²) in [5, 5.41) is 0. The number of rotatable bonds is 3. The van der Waals surface area contributed by atoms with E-state index in [1.807, 2.05) is 20.8 Å². The number of nitrogens with two attached hydrogens (primary N) is 1. The normalized spacial score (nSPS) is 20.0. The maximum Gasteiger partial charge on any atom is 0.410 e. The summed E-state index contributed by atoms with van der Waals surface area (Å²) in [6.45, 7) is 9.06. The molecule has 0 aromatic rings. The summed E-state index contributed by atoms with van der Waals surface area (Å²) in [6.07, 6.45) is 8.16. The second-order valence-corrected chi connectivity index (χ2v) is 7.55. The highest BCUT2D eigenvalue weighted by molar-refractivity contribution is 5.78. The molecule has 0 atom stereocenters. The molecule has 1 aliphatic carbocycles. The Bertz CT molecular complexity index is 486. The maximum atomic E-state index is 12.1. The largest absolute Gasteiger partial charge is 0.444 e. The zero-order valence-electron chi connectivity index (χ0n) is 15.4. The molecular weight excluding hydrogens is 304 g/mol. The van der Waals surface area contributed by atoms with Crippen molar-refractivity contribution >= 4 is 12.1 Å². The minimum absolute atomic E-state index is 0.248. The van der Waals surface area contributed by atoms with Crippen LogP contribution in [0.15, 0.2) is 16.6 Å². The van der Waals surface area contributed by atoms with Gasteiger partial charge < -0.3 is 20.3 Å². The number of hydrogen-bond donors (Lipinski definition) is 1. The molecule has 1 fully saturated rings. The lowest BCUT2D eigenvalue weighted by molar-refractivity contribution is 0.0186. The van der Waals surface area contributed by atoms with Crippen LogP contribution in [0.4, 0.5) is 4.79 Å². The van der Waals surface area contributed by atoms with E-state index >= 15 is 0 Å². The van der Waals surface area contributed by atoms with Gasteiger partial charge in [-0.3, -0.25) is 4.99 Å². The van der Waals surface area contributed by atoms with E-state index < -0.39 is 5.60 Å². The van der Waals surface area contributed by atoms with Gasteiger partial charge in [-0.25, -0.2) is 4.79 Å². The van der Waals surface area contributed by atoms with Crippen LogP contribution in [0.1, 0.15) is 52.9 Å². The van der Waals surface area contributed by atoms with Gasteiger partial charge >= 0.3 is 6.09 Å². The molecule has 6 nitrogen and oxygen atoms in total. The molecule has 1 aliphatic heterocycles. The highest BCUT2D eigenvalue weighted by atomic mass is 16.6. The Morgan fingerprint density at radius 2 is 1.88 bits per heavy atom. The summed E-state index contributed by atoms with van der Waals surface area (Å²) in [4.78, 5) is 20.4. The molecule has 0 spiro atoms. The van der Waals surface area contributed by atoms with Gasteiger partial charge in [0.05, 0.1) is 0 Å². The van der Waals surface area contributed by atoms with Crippen molar-refractivity contribution in [2.75, 3.05) is 32.7 Å². The van der Waals surface area contributed by atoms with Crippen LogP contribution >= 0.6 is 0 Å².